The zero-order valence-electron chi connectivity index (χ0n) is 7.69. The lowest BCUT2D eigenvalue weighted by Crippen LogP contribution is -2.45. The second kappa shape index (κ2) is 3.18. The van der Waals surface area contributed by atoms with Crippen molar-refractivity contribution in [2.24, 2.45) is 5.73 Å². The predicted octanol–water partition coefficient (Wildman–Crippen LogP) is 0.520. The van der Waals surface area contributed by atoms with Crippen LogP contribution in [0.1, 0.15) is 19.3 Å². The quantitative estimate of drug-likeness (QED) is 0.686. The Bertz CT molecular complexity index is 400. The van der Waals surface area contributed by atoms with Crippen molar-refractivity contribution in [2.75, 3.05) is 18.5 Å². The van der Waals surface area contributed by atoms with Gasteiger partial charge in [0.1, 0.15) is 0 Å². The number of carbonyl (C=O) groups excluding carboxylic acids is 2. The minimum Gasteiger partial charge on any atom is -0.371 e. The van der Waals surface area contributed by atoms with Gasteiger partial charge in [0, 0.05) is 13.6 Å². The van der Waals surface area contributed by atoms with E-state index in [2.05, 4.69) is 0 Å². The van der Waals surface area contributed by atoms with Gasteiger partial charge in [0.15, 0.2) is 12.1 Å². The lowest BCUT2D eigenvalue weighted by atomic mass is 10.1. The maximum Gasteiger partial charge on any atom is 0.193 e. The molecule has 1 aromatic heterocycles. The van der Waals surface area contributed by atoms with Gasteiger partial charge in [-0.1, -0.05) is 0 Å². The number of hydrogen-bond acceptors (Lipinski definition) is 5. The number of Topliss-reactive ketones (excluding diaryl/α,β-unsaturated/α-hetero) is 1. The van der Waals surface area contributed by atoms with E-state index in [0.29, 0.717) is 16.3 Å². The highest BCUT2D eigenvalue weighted by Gasteiger charge is 2.29. The maximum atomic E-state index is 11.6. The van der Waals surface area contributed by atoms with Crippen LogP contribution in [0.3, 0.4) is 0 Å². The Morgan fingerprint density at radius 1 is 1.71 bits per heavy atom. The van der Waals surface area contributed by atoms with Gasteiger partial charge in [-0.15, -0.1) is 11.3 Å². The van der Waals surface area contributed by atoms with E-state index >= 15 is 0 Å². The van der Waals surface area contributed by atoms with Gasteiger partial charge < -0.3 is 10.6 Å². The molecule has 0 aliphatic carbocycles. The summed E-state index contributed by atoms with van der Waals surface area (Å²) < 4.78 is 0. The van der Waals surface area contributed by atoms with Crippen LogP contribution in [0.15, 0.2) is 6.07 Å². The van der Waals surface area contributed by atoms with Crippen molar-refractivity contribution >= 4 is 29.1 Å². The van der Waals surface area contributed by atoms with Crippen LogP contribution in [-0.4, -0.2) is 31.7 Å². The number of hydrogen-bond donors (Lipinski definition) is 1. The third-order valence-corrected chi connectivity index (χ3v) is 3.35. The molecule has 2 heterocycles. The minimum absolute atomic E-state index is 0.0591. The van der Waals surface area contributed by atoms with Crippen LogP contribution in [0, 0.1) is 0 Å². The molecule has 0 spiro atoms. The van der Waals surface area contributed by atoms with E-state index in [1.807, 2.05) is 11.9 Å². The molecular formula is C9H10N2O2S. The molecule has 74 valence electrons. The average Bonchev–Trinajstić information content (AvgIpc) is 2.58. The van der Waals surface area contributed by atoms with Crippen LogP contribution in [0.2, 0.25) is 0 Å². The second-order valence-corrected chi connectivity index (χ2v) is 4.42. The molecule has 4 nitrogen and oxygen atoms in total. The number of ketones is 1. The molecule has 0 saturated heterocycles. The summed E-state index contributed by atoms with van der Waals surface area (Å²) >= 11 is 1.21. The zero-order valence-corrected chi connectivity index (χ0v) is 8.50. The molecule has 5 heteroatoms. The standard InChI is InChI=1S/C9H10N2O2S/c1-11-3-6(10)8(13)9-7(11)2-5(4-12)14-9/h2,4,6H,3,10H2,1H3. The number of nitrogens with two attached hydrogens (primary N) is 1. The van der Waals surface area contributed by atoms with E-state index in [1.54, 1.807) is 6.07 Å². The molecule has 0 saturated carbocycles. The lowest BCUT2D eigenvalue weighted by Gasteiger charge is -2.27. The third-order valence-electron chi connectivity index (χ3n) is 2.29. The van der Waals surface area contributed by atoms with Crippen LogP contribution < -0.4 is 10.6 Å². The number of nitrogens with zero attached hydrogens (tertiary/aromatic N) is 1. The number of aldehydes is 1. The van der Waals surface area contributed by atoms with Crippen LogP contribution >= 0.6 is 11.3 Å². The first-order valence-electron chi connectivity index (χ1n) is 4.23. The smallest absolute Gasteiger partial charge is 0.193 e. The van der Waals surface area contributed by atoms with Crippen molar-refractivity contribution in [1.82, 2.24) is 0 Å². The summed E-state index contributed by atoms with van der Waals surface area (Å²) in [6, 6.07) is 1.27. The van der Waals surface area contributed by atoms with E-state index < -0.39 is 6.04 Å². The van der Waals surface area contributed by atoms with E-state index in [-0.39, 0.29) is 5.78 Å². The molecule has 1 atom stereocenters. The predicted molar refractivity (Wildman–Crippen MR) is 55.3 cm³/mol. The average molecular weight is 210 g/mol. The Morgan fingerprint density at radius 3 is 3.07 bits per heavy atom. The molecule has 14 heavy (non-hydrogen) atoms. The lowest BCUT2D eigenvalue weighted by molar-refractivity contribution is 0.0962. The number of carbonyl (C=O) groups is 2. The molecule has 0 bridgehead atoms. The van der Waals surface area contributed by atoms with Gasteiger partial charge in [0.05, 0.1) is 21.5 Å². The first-order valence-corrected chi connectivity index (χ1v) is 5.05. The summed E-state index contributed by atoms with van der Waals surface area (Å²) in [7, 11) is 1.87. The Kier molecular flexibility index (Phi) is 2.13. The summed E-state index contributed by atoms with van der Waals surface area (Å²) in [4.78, 5) is 25.3. The van der Waals surface area contributed by atoms with Gasteiger partial charge in [-0.05, 0) is 6.07 Å². The third kappa shape index (κ3) is 1.25. The van der Waals surface area contributed by atoms with Gasteiger partial charge in [0.2, 0.25) is 0 Å². The number of thiophene rings is 1. The number of rotatable bonds is 1. The first kappa shape index (κ1) is 9.36. The van der Waals surface area contributed by atoms with E-state index in [9.17, 15) is 9.59 Å². The molecule has 0 aromatic carbocycles. The van der Waals surface area contributed by atoms with E-state index in [4.69, 9.17) is 5.73 Å². The molecule has 0 radical (unpaired) electrons. The van der Waals surface area contributed by atoms with Crippen molar-refractivity contribution in [3.8, 4) is 0 Å². The van der Waals surface area contributed by atoms with Crippen LogP contribution in [0.5, 0.6) is 0 Å². The van der Waals surface area contributed by atoms with Crippen LogP contribution in [-0.2, 0) is 0 Å². The van der Waals surface area contributed by atoms with Crippen molar-refractivity contribution in [2.45, 2.75) is 6.04 Å². The molecule has 2 rings (SSSR count). The largest absolute Gasteiger partial charge is 0.371 e. The first-order chi connectivity index (χ1) is 6.63. The fraction of sp³-hybridized carbons (Fsp3) is 0.333. The molecule has 0 fully saturated rings. The minimum atomic E-state index is -0.467. The summed E-state index contributed by atoms with van der Waals surface area (Å²) in [5, 5.41) is 0. The zero-order chi connectivity index (χ0) is 10.3. The highest BCUT2D eigenvalue weighted by molar-refractivity contribution is 7.16. The fourth-order valence-corrected chi connectivity index (χ4v) is 2.59. The summed E-state index contributed by atoms with van der Waals surface area (Å²) in [6.07, 6.45) is 0.760. The highest BCUT2D eigenvalue weighted by Crippen LogP contribution is 2.32. The number of likely N-dealkylation sites (N-methyl/N-ethyl adjacent to an activating group) is 1. The van der Waals surface area contributed by atoms with Gasteiger partial charge >= 0.3 is 0 Å². The molecule has 2 N–H and O–H groups in total. The molecule has 1 aromatic rings. The summed E-state index contributed by atoms with van der Waals surface area (Å²) in [5.41, 5.74) is 6.48. The Morgan fingerprint density at radius 2 is 2.43 bits per heavy atom. The van der Waals surface area contributed by atoms with Crippen molar-refractivity contribution in [1.29, 1.82) is 0 Å². The Balaban J connectivity index is 2.53. The second-order valence-electron chi connectivity index (χ2n) is 3.33. The van der Waals surface area contributed by atoms with E-state index in [0.717, 1.165) is 12.0 Å². The van der Waals surface area contributed by atoms with Gasteiger partial charge in [-0.2, -0.15) is 0 Å². The number of anilines is 1. The Labute approximate surface area is 85.3 Å². The van der Waals surface area contributed by atoms with Gasteiger partial charge in [0.25, 0.3) is 0 Å². The van der Waals surface area contributed by atoms with Crippen molar-refractivity contribution in [3.63, 3.8) is 0 Å². The van der Waals surface area contributed by atoms with Crippen LogP contribution in [0.25, 0.3) is 0 Å². The summed E-state index contributed by atoms with van der Waals surface area (Å²) in [5.74, 6) is -0.0591. The van der Waals surface area contributed by atoms with Gasteiger partial charge in [-0.25, -0.2) is 0 Å². The molecule has 1 aliphatic rings. The molecule has 1 aliphatic heterocycles. The van der Waals surface area contributed by atoms with Crippen molar-refractivity contribution < 1.29 is 9.59 Å². The fourth-order valence-electron chi connectivity index (χ4n) is 1.56. The normalized spacial score (nSPS) is 20.9. The molecular weight excluding hydrogens is 200 g/mol. The summed E-state index contributed by atoms with van der Waals surface area (Å²) in [6.45, 7) is 0.515. The molecule has 0 amide bonds. The monoisotopic (exact) mass is 210 g/mol. The topological polar surface area (TPSA) is 63.4 Å². The molecule has 1 unspecified atom stereocenters. The van der Waals surface area contributed by atoms with Gasteiger partial charge in [-0.3, -0.25) is 9.59 Å². The van der Waals surface area contributed by atoms with Crippen LogP contribution in [0.4, 0.5) is 5.69 Å². The highest BCUT2D eigenvalue weighted by atomic mass is 32.1. The van der Waals surface area contributed by atoms with E-state index in [1.165, 1.54) is 11.3 Å². The van der Waals surface area contributed by atoms with Crippen molar-refractivity contribution in [3.05, 3.63) is 15.8 Å². The number of fused-ring (bicyclic) bond motifs is 1. The SMILES string of the molecule is CN1CC(N)C(=O)c2sc(C=O)cc21. The Hall–Kier alpha value is -1.20. The maximum absolute atomic E-state index is 11.6.